The molecule has 18 heavy (non-hydrogen) atoms. The third kappa shape index (κ3) is 3.29. The van der Waals surface area contributed by atoms with Crippen molar-refractivity contribution in [1.29, 1.82) is 0 Å². The molecule has 0 spiro atoms. The highest BCUT2D eigenvalue weighted by Crippen LogP contribution is 2.23. The lowest BCUT2D eigenvalue weighted by atomic mass is 10.1. The molecule has 2 rings (SSSR count). The first-order valence-electron chi connectivity index (χ1n) is 6.46. The van der Waals surface area contributed by atoms with Crippen LogP contribution in [0.1, 0.15) is 41.6 Å². The third-order valence-corrected chi connectivity index (χ3v) is 3.56. The van der Waals surface area contributed by atoms with Crippen molar-refractivity contribution in [2.45, 2.75) is 32.2 Å². The van der Waals surface area contributed by atoms with Crippen LogP contribution in [0.5, 0.6) is 0 Å². The fourth-order valence-corrected chi connectivity index (χ4v) is 2.47. The van der Waals surface area contributed by atoms with Crippen LogP contribution < -0.4 is 11.1 Å². The average Bonchev–Trinajstić information content (AvgIpc) is 2.84. The molecule has 3 nitrogen and oxygen atoms in total. The second-order valence-electron chi connectivity index (χ2n) is 4.95. The largest absolute Gasteiger partial charge is 0.366 e. The fourth-order valence-electron chi connectivity index (χ4n) is 2.47. The number of primary amides is 1. The summed E-state index contributed by atoms with van der Waals surface area (Å²) in [6, 6.07) is 4.39. The van der Waals surface area contributed by atoms with Crippen LogP contribution in [-0.2, 0) is 6.54 Å². The van der Waals surface area contributed by atoms with Crippen LogP contribution in [-0.4, -0.2) is 12.5 Å². The molecule has 0 bridgehead atoms. The van der Waals surface area contributed by atoms with Crippen LogP contribution in [0.2, 0.25) is 0 Å². The summed E-state index contributed by atoms with van der Waals surface area (Å²) in [6.07, 6.45) is 5.17. The Hall–Kier alpha value is -1.42. The summed E-state index contributed by atoms with van der Waals surface area (Å²) < 4.78 is 13.7. The molecule has 1 fully saturated rings. The highest BCUT2D eigenvalue weighted by Gasteiger charge is 2.14. The molecule has 1 saturated carbocycles. The molecule has 0 atom stereocenters. The van der Waals surface area contributed by atoms with Crippen LogP contribution in [0, 0.1) is 11.7 Å². The van der Waals surface area contributed by atoms with Gasteiger partial charge in [0.05, 0.1) is 0 Å². The number of carbonyl (C=O) groups excluding carboxylic acids is 1. The van der Waals surface area contributed by atoms with Crippen molar-refractivity contribution in [2.75, 3.05) is 6.54 Å². The van der Waals surface area contributed by atoms with Crippen LogP contribution in [0.15, 0.2) is 18.2 Å². The van der Waals surface area contributed by atoms with E-state index in [1.165, 1.54) is 31.7 Å². The summed E-state index contributed by atoms with van der Waals surface area (Å²) in [4.78, 5) is 10.9. The summed E-state index contributed by atoms with van der Waals surface area (Å²) in [7, 11) is 0. The van der Waals surface area contributed by atoms with E-state index in [2.05, 4.69) is 5.32 Å². The molecule has 1 aliphatic carbocycles. The molecular formula is C14H19FN2O. The van der Waals surface area contributed by atoms with Gasteiger partial charge < -0.3 is 11.1 Å². The number of rotatable bonds is 5. The normalized spacial score (nSPS) is 16.1. The highest BCUT2D eigenvalue weighted by atomic mass is 19.1. The van der Waals surface area contributed by atoms with E-state index in [0.717, 1.165) is 12.5 Å². The Labute approximate surface area is 107 Å². The third-order valence-electron chi connectivity index (χ3n) is 3.56. The number of hydrogen-bond donors (Lipinski definition) is 2. The fraction of sp³-hybridized carbons (Fsp3) is 0.500. The zero-order valence-corrected chi connectivity index (χ0v) is 10.4. The van der Waals surface area contributed by atoms with E-state index in [4.69, 9.17) is 5.73 Å². The van der Waals surface area contributed by atoms with E-state index in [0.29, 0.717) is 12.1 Å². The summed E-state index contributed by atoms with van der Waals surface area (Å²) in [6.45, 7) is 1.44. The van der Waals surface area contributed by atoms with Crippen LogP contribution in [0.25, 0.3) is 0 Å². The molecule has 0 aromatic heterocycles. The number of amides is 1. The molecule has 1 aromatic rings. The molecule has 1 amide bonds. The summed E-state index contributed by atoms with van der Waals surface area (Å²) in [5.41, 5.74) is 5.89. The van der Waals surface area contributed by atoms with Gasteiger partial charge in [0.15, 0.2) is 0 Å². The number of halogens is 1. The summed E-state index contributed by atoms with van der Waals surface area (Å²) in [5, 5.41) is 3.28. The second-order valence-corrected chi connectivity index (χ2v) is 4.95. The van der Waals surface area contributed by atoms with E-state index in [1.54, 1.807) is 12.1 Å². The number of carbonyl (C=O) groups is 1. The predicted octanol–water partition coefficient (Wildman–Crippen LogP) is 2.20. The molecule has 4 heteroatoms. The van der Waals surface area contributed by atoms with Gasteiger partial charge in [-0.25, -0.2) is 4.39 Å². The van der Waals surface area contributed by atoms with Gasteiger partial charge in [-0.2, -0.15) is 0 Å². The first kappa shape index (κ1) is 13.0. The standard InChI is InChI=1S/C14H19FN2O/c15-13-7-11(14(16)18)5-6-12(13)9-17-8-10-3-1-2-4-10/h5-7,10,17H,1-4,8-9H2,(H2,16,18). The first-order valence-corrected chi connectivity index (χ1v) is 6.46. The van der Waals surface area contributed by atoms with Crippen molar-refractivity contribution < 1.29 is 9.18 Å². The van der Waals surface area contributed by atoms with Gasteiger partial charge in [-0.05, 0) is 37.4 Å². The van der Waals surface area contributed by atoms with Gasteiger partial charge in [0.2, 0.25) is 5.91 Å². The van der Waals surface area contributed by atoms with Crippen LogP contribution in [0.4, 0.5) is 4.39 Å². The number of nitrogens with two attached hydrogens (primary N) is 1. The predicted molar refractivity (Wildman–Crippen MR) is 68.6 cm³/mol. The molecule has 0 saturated heterocycles. The van der Waals surface area contributed by atoms with Gasteiger partial charge in [-0.3, -0.25) is 4.79 Å². The lowest BCUT2D eigenvalue weighted by molar-refractivity contribution is 0.1000. The molecule has 1 aliphatic rings. The SMILES string of the molecule is NC(=O)c1ccc(CNCC2CCCC2)c(F)c1. The van der Waals surface area contributed by atoms with E-state index in [-0.39, 0.29) is 11.4 Å². The Kier molecular flexibility index (Phi) is 4.31. The van der Waals surface area contributed by atoms with Crippen molar-refractivity contribution in [3.8, 4) is 0 Å². The molecule has 1 aromatic carbocycles. The molecule has 0 heterocycles. The quantitative estimate of drug-likeness (QED) is 0.841. The van der Waals surface area contributed by atoms with E-state index >= 15 is 0 Å². The number of hydrogen-bond acceptors (Lipinski definition) is 2. The Balaban J connectivity index is 1.87. The van der Waals surface area contributed by atoms with E-state index < -0.39 is 5.91 Å². The van der Waals surface area contributed by atoms with Gasteiger partial charge in [0.25, 0.3) is 0 Å². The monoisotopic (exact) mass is 250 g/mol. The van der Waals surface area contributed by atoms with Gasteiger partial charge in [0.1, 0.15) is 5.82 Å². The van der Waals surface area contributed by atoms with E-state index in [1.807, 2.05) is 0 Å². The van der Waals surface area contributed by atoms with Crippen molar-refractivity contribution >= 4 is 5.91 Å². The smallest absolute Gasteiger partial charge is 0.248 e. The number of benzene rings is 1. The summed E-state index contributed by atoms with van der Waals surface area (Å²) >= 11 is 0. The maximum Gasteiger partial charge on any atom is 0.248 e. The molecule has 98 valence electrons. The number of nitrogens with one attached hydrogen (secondary N) is 1. The van der Waals surface area contributed by atoms with Gasteiger partial charge in [-0.15, -0.1) is 0 Å². The van der Waals surface area contributed by atoms with Crippen LogP contribution >= 0.6 is 0 Å². The maximum atomic E-state index is 13.7. The van der Waals surface area contributed by atoms with Gasteiger partial charge >= 0.3 is 0 Å². The average molecular weight is 250 g/mol. The first-order chi connectivity index (χ1) is 8.66. The van der Waals surface area contributed by atoms with Crippen LogP contribution in [0.3, 0.4) is 0 Å². The Bertz CT molecular complexity index is 428. The van der Waals surface area contributed by atoms with Crippen molar-refractivity contribution in [3.63, 3.8) is 0 Å². The van der Waals surface area contributed by atoms with Gasteiger partial charge in [0, 0.05) is 17.7 Å². The lowest BCUT2D eigenvalue weighted by Crippen LogP contribution is -2.21. The lowest BCUT2D eigenvalue weighted by Gasteiger charge is -2.11. The maximum absolute atomic E-state index is 13.7. The highest BCUT2D eigenvalue weighted by molar-refractivity contribution is 5.92. The molecule has 0 radical (unpaired) electrons. The van der Waals surface area contributed by atoms with Crippen molar-refractivity contribution in [2.24, 2.45) is 11.7 Å². The Morgan fingerprint density at radius 3 is 2.72 bits per heavy atom. The molecular weight excluding hydrogens is 231 g/mol. The topological polar surface area (TPSA) is 55.1 Å². The molecule has 3 N–H and O–H groups in total. The Morgan fingerprint density at radius 2 is 2.11 bits per heavy atom. The van der Waals surface area contributed by atoms with E-state index in [9.17, 15) is 9.18 Å². The zero-order valence-electron chi connectivity index (χ0n) is 10.4. The minimum atomic E-state index is -0.598. The second kappa shape index (κ2) is 5.96. The van der Waals surface area contributed by atoms with Crippen molar-refractivity contribution in [1.82, 2.24) is 5.32 Å². The molecule has 0 unspecified atom stereocenters. The minimum absolute atomic E-state index is 0.215. The zero-order chi connectivity index (χ0) is 13.0. The van der Waals surface area contributed by atoms with Crippen molar-refractivity contribution in [3.05, 3.63) is 35.1 Å². The minimum Gasteiger partial charge on any atom is -0.366 e. The molecule has 0 aliphatic heterocycles. The Morgan fingerprint density at radius 1 is 1.39 bits per heavy atom. The van der Waals surface area contributed by atoms with Gasteiger partial charge in [-0.1, -0.05) is 18.9 Å². The summed E-state index contributed by atoms with van der Waals surface area (Å²) in [5.74, 6) is -0.234.